The largest absolute Gasteiger partial charge is 0.394 e. The molecule has 0 saturated heterocycles. The lowest BCUT2D eigenvalue weighted by Gasteiger charge is -2.31. The van der Waals surface area contributed by atoms with E-state index in [0.717, 1.165) is 36.6 Å². The molecule has 2 atom stereocenters. The molecule has 0 fully saturated rings. The normalized spacial score (nSPS) is 16.2. The maximum atomic E-state index is 9.80. The number of rotatable bonds is 6. The number of nitrogens with one attached hydrogen (secondary N) is 1. The number of nitrogens with zero attached hydrogens (tertiary/aromatic N) is 3. The standard InChI is InChI=1S/C21H30N4O2/c1-13(2)19(12-26)23-21-22-14(3)9-20(24-21)25-8-7-17-10-16(15(4)27)5-6-18(17)11-25/h5-6,9-10,13,15,19,26-27H,7-8,11-12H2,1-4H3,(H,22,23,24)/t15-,19+/m0/s1. The van der Waals surface area contributed by atoms with Crippen LogP contribution in [0.5, 0.6) is 0 Å². The summed E-state index contributed by atoms with van der Waals surface area (Å²) in [6.07, 6.45) is 0.486. The molecule has 27 heavy (non-hydrogen) atoms. The molecule has 3 rings (SSSR count). The van der Waals surface area contributed by atoms with Crippen molar-refractivity contribution >= 4 is 11.8 Å². The van der Waals surface area contributed by atoms with Crippen LogP contribution in [0.25, 0.3) is 0 Å². The highest BCUT2D eigenvalue weighted by molar-refractivity contribution is 5.49. The van der Waals surface area contributed by atoms with Gasteiger partial charge in [0.15, 0.2) is 0 Å². The minimum Gasteiger partial charge on any atom is -0.394 e. The van der Waals surface area contributed by atoms with Crippen LogP contribution in [0, 0.1) is 12.8 Å². The number of anilines is 2. The zero-order valence-electron chi connectivity index (χ0n) is 16.6. The smallest absolute Gasteiger partial charge is 0.225 e. The van der Waals surface area contributed by atoms with E-state index in [1.165, 1.54) is 11.1 Å². The van der Waals surface area contributed by atoms with Crippen molar-refractivity contribution in [1.82, 2.24) is 9.97 Å². The minimum atomic E-state index is -0.438. The Bertz CT molecular complexity index is 792. The van der Waals surface area contributed by atoms with Crippen molar-refractivity contribution in [3.8, 4) is 0 Å². The van der Waals surface area contributed by atoms with Crippen molar-refractivity contribution in [2.24, 2.45) is 5.92 Å². The van der Waals surface area contributed by atoms with Crippen LogP contribution in [-0.2, 0) is 13.0 Å². The Balaban J connectivity index is 1.81. The van der Waals surface area contributed by atoms with Gasteiger partial charge in [0.2, 0.25) is 5.95 Å². The first-order chi connectivity index (χ1) is 12.9. The van der Waals surface area contributed by atoms with Crippen molar-refractivity contribution in [2.45, 2.75) is 52.8 Å². The molecule has 0 saturated carbocycles. The Kier molecular flexibility index (Phi) is 5.97. The number of hydrogen-bond acceptors (Lipinski definition) is 6. The number of hydrogen-bond donors (Lipinski definition) is 3. The molecule has 3 N–H and O–H groups in total. The average molecular weight is 370 g/mol. The third-order valence-corrected chi connectivity index (χ3v) is 5.21. The molecule has 0 spiro atoms. The summed E-state index contributed by atoms with van der Waals surface area (Å²) in [5, 5.41) is 22.6. The molecule has 1 aromatic carbocycles. The fourth-order valence-corrected chi connectivity index (χ4v) is 3.40. The van der Waals surface area contributed by atoms with E-state index >= 15 is 0 Å². The molecule has 6 heteroatoms. The summed E-state index contributed by atoms with van der Waals surface area (Å²) < 4.78 is 0. The molecule has 1 aliphatic heterocycles. The summed E-state index contributed by atoms with van der Waals surface area (Å²) in [6.45, 7) is 9.60. The van der Waals surface area contributed by atoms with Gasteiger partial charge in [-0.15, -0.1) is 0 Å². The maximum absolute atomic E-state index is 9.80. The lowest BCUT2D eigenvalue weighted by molar-refractivity contribution is 0.199. The number of aliphatic hydroxyl groups is 2. The van der Waals surface area contributed by atoms with Crippen LogP contribution >= 0.6 is 0 Å². The van der Waals surface area contributed by atoms with Gasteiger partial charge in [-0.3, -0.25) is 0 Å². The summed E-state index contributed by atoms with van der Waals surface area (Å²) in [7, 11) is 0. The van der Waals surface area contributed by atoms with Gasteiger partial charge in [0.25, 0.3) is 0 Å². The van der Waals surface area contributed by atoms with Crippen molar-refractivity contribution in [2.75, 3.05) is 23.4 Å². The van der Waals surface area contributed by atoms with E-state index in [0.29, 0.717) is 5.95 Å². The lowest BCUT2D eigenvalue weighted by atomic mass is 9.96. The van der Waals surface area contributed by atoms with Crippen LogP contribution in [0.4, 0.5) is 11.8 Å². The summed E-state index contributed by atoms with van der Waals surface area (Å²) >= 11 is 0. The predicted octanol–water partition coefficient (Wildman–Crippen LogP) is 2.83. The summed E-state index contributed by atoms with van der Waals surface area (Å²) in [5.74, 6) is 1.75. The van der Waals surface area contributed by atoms with Crippen LogP contribution in [-0.4, -0.2) is 39.4 Å². The molecule has 0 bridgehead atoms. The molecule has 0 radical (unpaired) electrons. The second-order valence-electron chi connectivity index (χ2n) is 7.74. The Labute approximate surface area is 161 Å². The topological polar surface area (TPSA) is 81.5 Å². The van der Waals surface area contributed by atoms with E-state index in [1.54, 1.807) is 6.92 Å². The zero-order chi connectivity index (χ0) is 19.6. The summed E-state index contributed by atoms with van der Waals surface area (Å²) in [4.78, 5) is 11.4. The van der Waals surface area contributed by atoms with E-state index in [1.807, 2.05) is 19.1 Å². The number of benzene rings is 1. The molecular formula is C21H30N4O2. The first kappa shape index (κ1) is 19.6. The molecule has 0 unspecified atom stereocenters. The highest BCUT2D eigenvalue weighted by atomic mass is 16.3. The minimum absolute atomic E-state index is 0.0486. The molecule has 0 aliphatic carbocycles. The average Bonchev–Trinajstić information content (AvgIpc) is 2.64. The van der Waals surface area contributed by atoms with Crippen LogP contribution in [0.3, 0.4) is 0 Å². The molecule has 6 nitrogen and oxygen atoms in total. The summed E-state index contributed by atoms with van der Waals surface area (Å²) in [6, 6.07) is 8.16. The van der Waals surface area contributed by atoms with Gasteiger partial charge in [0.1, 0.15) is 5.82 Å². The highest BCUT2D eigenvalue weighted by Gasteiger charge is 2.20. The first-order valence-electron chi connectivity index (χ1n) is 9.65. The fraction of sp³-hybridized carbons (Fsp3) is 0.524. The lowest BCUT2D eigenvalue weighted by Crippen LogP contribution is -2.33. The first-order valence-corrected chi connectivity index (χ1v) is 9.65. The van der Waals surface area contributed by atoms with Gasteiger partial charge in [-0.1, -0.05) is 32.0 Å². The van der Waals surface area contributed by atoms with E-state index in [4.69, 9.17) is 4.98 Å². The van der Waals surface area contributed by atoms with Gasteiger partial charge < -0.3 is 20.4 Å². The van der Waals surface area contributed by atoms with E-state index in [9.17, 15) is 10.2 Å². The maximum Gasteiger partial charge on any atom is 0.225 e. The quantitative estimate of drug-likeness (QED) is 0.725. The Hall–Kier alpha value is -2.18. The van der Waals surface area contributed by atoms with Crippen molar-refractivity contribution in [3.05, 3.63) is 46.6 Å². The van der Waals surface area contributed by atoms with Crippen LogP contribution in [0.15, 0.2) is 24.3 Å². The van der Waals surface area contributed by atoms with Crippen molar-refractivity contribution in [1.29, 1.82) is 0 Å². The molecule has 1 aromatic heterocycles. The Morgan fingerprint density at radius 2 is 1.93 bits per heavy atom. The van der Waals surface area contributed by atoms with E-state index in [-0.39, 0.29) is 18.6 Å². The number of aryl methyl sites for hydroxylation is 1. The fourth-order valence-electron chi connectivity index (χ4n) is 3.40. The van der Waals surface area contributed by atoms with Gasteiger partial charge in [-0.05, 0) is 42.9 Å². The number of fused-ring (bicyclic) bond motifs is 1. The molecule has 0 amide bonds. The van der Waals surface area contributed by atoms with Crippen molar-refractivity contribution in [3.63, 3.8) is 0 Å². The zero-order valence-corrected chi connectivity index (χ0v) is 16.6. The third-order valence-electron chi connectivity index (χ3n) is 5.21. The van der Waals surface area contributed by atoms with Gasteiger partial charge >= 0.3 is 0 Å². The van der Waals surface area contributed by atoms with Crippen LogP contribution in [0.2, 0.25) is 0 Å². The Morgan fingerprint density at radius 1 is 1.15 bits per heavy atom. The number of aromatic nitrogens is 2. The van der Waals surface area contributed by atoms with Crippen LogP contribution < -0.4 is 10.2 Å². The molecule has 2 aromatic rings. The molecule has 146 valence electrons. The van der Waals surface area contributed by atoms with Crippen molar-refractivity contribution < 1.29 is 10.2 Å². The van der Waals surface area contributed by atoms with Gasteiger partial charge in [-0.2, -0.15) is 4.98 Å². The summed E-state index contributed by atoms with van der Waals surface area (Å²) in [5.41, 5.74) is 4.44. The SMILES string of the molecule is Cc1cc(N2CCc3cc([C@H](C)O)ccc3C2)nc(N[C@H](CO)C(C)C)n1. The predicted molar refractivity (Wildman–Crippen MR) is 108 cm³/mol. The Morgan fingerprint density at radius 3 is 2.59 bits per heavy atom. The van der Waals surface area contributed by atoms with Gasteiger partial charge in [0.05, 0.1) is 18.8 Å². The van der Waals surface area contributed by atoms with Gasteiger partial charge in [-0.25, -0.2) is 4.98 Å². The number of aliphatic hydroxyl groups excluding tert-OH is 2. The van der Waals surface area contributed by atoms with E-state index < -0.39 is 6.10 Å². The van der Waals surface area contributed by atoms with Gasteiger partial charge in [0, 0.05) is 24.8 Å². The monoisotopic (exact) mass is 370 g/mol. The third kappa shape index (κ3) is 4.57. The highest BCUT2D eigenvalue weighted by Crippen LogP contribution is 2.27. The molecule has 2 heterocycles. The molecule has 1 aliphatic rings. The van der Waals surface area contributed by atoms with E-state index in [2.05, 4.69) is 41.2 Å². The second kappa shape index (κ2) is 8.23. The molecular weight excluding hydrogens is 340 g/mol. The second-order valence-corrected chi connectivity index (χ2v) is 7.74. The van der Waals surface area contributed by atoms with Crippen LogP contribution in [0.1, 0.15) is 49.3 Å².